The van der Waals surface area contributed by atoms with Crippen molar-refractivity contribution >= 4 is 23.8 Å². The molecule has 0 spiro atoms. The number of ether oxygens (including phenoxy) is 1. The maximum atomic E-state index is 12.4. The molecule has 0 aromatic heterocycles. The lowest BCUT2D eigenvalue weighted by atomic mass is 9.95. The fourth-order valence-electron chi connectivity index (χ4n) is 2.36. The minimum absolute atomic E-state index is 0.0805. The van der Waals surface area contributed by atoms with E-state index in [1.807, 2.05) is 20.8 Å². The molecule has 2 unspecified atom stereocenters. The summed E-state index contributed by atoms with van der Waals surface area (Å²) in [6.45, 7) is 5.58. The van der Waals surface area contributed by atoms with E-state index in [1.54, 1.807) is 0 Å². The van der Waals surface area contributed by atoms with E-state index in [1.165, 1.54) is 7.11 Å². The minimum atomic E-state index is -1.00. The molecule has 118 valence electrons. The molecular formula is C14H22N2O5. The number of nitrogens with one attached hydrogen (secondary N) is 1. The van der Waals surface area contributed by atoms with Crippen LogP contribution >= 0.6 is 0 Å². The third-order valence-electron chi connectivity index (χ3n) is 3.36. The van der Waals surface area contributed by atoms with Gasteiger partial charge >= 0.3 is 12.0 Å². The summed E-state index contributed by atoms with van der Waals surface area (Å²) in [5.74, 6) is -2.72. The van der Waals surface area contributed by atoms with Crippen LogP contribution in [0.3, 0.4) is 0 Å². The molecule has 2 atom stereocenters. The van der Waals surface area contributed by atoms with E-state index in [-0.39, 0.29) is 5.92 Å². The Morgan fingerprint density at radius 2 is 1.95 bits per heavy atom. The number of hydrogen-bond donors (Lipinski definition) is 1. The van der Waals surface area contributed by atoms with Gasteiger partial charge in [0.1, 0.15) is 12.0 Å². The zero-order valence-electron chi connectivity index (χ0n) is 12.8. The quantitative estimate of drug-likeness (QED) is 0.585. The monoisotopic (exact) mass is 298 g/mol. The van der Waals surface area contributed by atoms with Crippen molar-refractivity contribution < 1.29 is 23.9 Å². The number of carbonyl (C=O) groups is 4. The first kappa shape index (κ1) is 17.1. The zero-order valence-corrected chi connectivity index (χ0v) is 12.8. The van der Waals surface area contributed by atoms with Gasteiger partial charge in [-0.3, -0.25) is 14.9 Å². The first-order valence-corrected chi connectivity index (χ1v) is 7.09. The van der Waals surface area contributed by atoms with Crippen molar-refractivity contribution in [2.45, 2.75) is 46.1 Å². The van der Waals surface area contributed by atoms with E-state index in [4.69, 9.17) is 0 Å². The molecule has 1 saturated heterocycles. The van der Waals surface area contributed by atoms with Gasteiger partial charge < -0.3 is 4.74 Å². The largest absolute Gasteiger partial charge is 0.467 e. The van der Waals surface area contributed by atoms with Crippen LogP contribution in [0.2, 0.25) is 0 Å². The second-order valence-corrected chi connectivity index (χ2v) is 5.51. The number of barbiturate groups is 1. The Bertz CT molecular complexity index is 447. The van der Waals surface area contributed by atoms with Crippen molar-refractivity contribution in [3.05, 3.63) is 0 Å². The second kappa shape index (κ2) is 7.19. The summed E-state index contributed by atoms with van der Waals surface area (Å²) in [4.78, 5) is 48.9. The minimum Gasteiger partial charge on any atom is -0.467 e. The number of urea groups is 1. The van der Waals surface area contributed by atoms with Crippen LogP contribution in [0.25, 0.3) is 0 Å². The van der Waals surface area contributed by atoms with E-state index < -0.39 is 35.8 Å². The third-order valence-corrected chi connectivity index (χ3v) is 3.36. The Hall–Kier alpha value is -1.92. The Morgan fingerprint density at radius 1 is 1.33 bits per heavy atom. The number of amides is 4. The highest BCUT2D eigenvalue weighted by molar-refractivity contribution is 6.17. The average Bonchev–Trinajstić information content (AvgIpc) is 2.40. The SMILES string of the molecule is CCCC1C(=O)NC(=O)N(C(CC(C)C)C(=O)OC)C1=O. The summed E-state index contributed by atoms with van der Waals surface area (Å²) in [5.41, 5.74) is 0. The molecule has 21 heavy (non-hydrogen) atoms. The van der Waals surface area contributed by atoms with Gasteiger partial charge in [-0.15, -0.1) is 0 Å². The molecule has 0 bridgehead atoms. The number of hydrogen-bond acceptors (Lipinski definition) is 5. The Balaban J connectivity index is 3.09. The Labute approximate surface area is 124 Å². The molecule has 0 aliphatic carbocycles. The molecule has 1 aliphatic heterocycles. The van der Waals surface area contributed by atoms with Gasteiger partial charge in [0.15, 0.2) is 0 Å². The van der Waals surface area contributed by atoms with Crippen LogP contribution < -0.4 is 5.32 Å². The number of methoxy groups -OCH3 is 1. The smallest absolute Gasteiger partial charge is 0.331 e. The van der Waals surface area contributed by atoms with E-state index >= 15 is 0 Å². The molecule has 1 N–H and O–H groups in total. The van der Waals surface area contributed by atoms with Crippen molar-refractivity contribution in [3.8, 4) is 0 Å². The Kier molecular flexibility index (Phi) is 5.87. The highest BCUT2D eigenvalue weighted by atomic mass is 16.5. The van der Waals surface area contributed by atoms with Crippen LogP contribution in [0.4, 0.5) is 4.79 Å². The van der Waals surface area contributed by atoms with Gasteiger partial charge in [-0.1, -0.05) is 27.2 Å². The zero-order chi connectivity index (χ0) is 16.2. The van der Waals surface area contributed by atoms with Gasteiger partial charge in [0.05, 0.1) is 7.11 Å². The van der Waals surface area contributed by atoms with E-state index in [0.29, 0.717) is 19.3 Å². The van der Waals surface area contributed by atoms with Gasteiger partial charge in [-0.05, 0) is 18.8 Å². The van der Waals surface area contributed by atoms with E-state index in [9.17, 15) is 19.2 Å². The summed E-state index contributed by atoms with van der Waals surface area (Å²) in [6.07, 6.45) is 1.25. The molecule has 4 amide bonds. The van der Waals surface area contributed by atoms with Crippen molar-refractivity contribution in [2.24, 2.45) is 11.8 Å². The van der Waals surface area contributed by atoms with Crippen LogP contribution in [0.5, 0.6) is 0 Å². The summed E-state index contributed by atoms with van der Waals surface area (Å²) in [5, 5.41) is 2.15. The maximum Gasteiger partial charge on any atom is 0.331 e. The van der Waals surface area contributed by atoms with Gasteiger partial charge in [0.25, 0.3) is 0 Å². The first-order chi connectivity index (χ1) is 9.83. The number of nitrogens with zero attached hydrogens (tertiary/aromatic N) is 1. The normalized spacial score (nSPS) is 20.5. The number of esters is 1. The topological polar surface area (TPSA) is 92.8 Å². The fraction of sp³-hybridized carbons (Fsp3) is 0.714. The van der Waals surface area contributed by atoms with Crippen LogP contribution in [0.15, 0.2) is 0 Å². The van der Waals surface area contributed by atoms with Gasteiger partial charge in [0.2, 0.25) is 11.8 Å². The lowest BCUT2D eigenvalue weighted by Crippen LogP contribution is -2.62. The summed E-state index contributed by atoms with van der Waals surface area (Å²) < 4.78 is 4.69. The van der Waals surface area contributed by atoms with Crippen LogP contribution in [0.1, 0.15) is 40.0 Å². The second-order valence-electron chi connectivity index (χ2n) is 5.51. The highest BCUT2D eigenvalue weighted by Crippen LogP contribution is 2.22. The third kappa shape index (κ3) is 3.80. The van der Waals surface area contributed by atoms with Gasteiger partial charge in [-0.2, -0.15) is 0 Å². The number of carbonyl (C=O) groups excluding carboxylic acids is 4. The molecule has 0 aromatic rings. The summed E-state index contributed by atoms with van der Waals surface area (Å²) in [6, 6.07) is -1.86. The van der Waals surface area contributed by atoms with E-state index in [0.717, 1.165) is 4.90 Å². The molecule has 7 heteroatoms. The predicted molar refractivity (Wildman–Crippen MR) is 74.0 cm³/mol. The van der Waals surface area contributed by atoms with Crippen molar-refractivity contribution in [3.63, 3.8) is 0 Å². The number of imide groups is 2. The maximum absolute atomic E-state index is 12.4. The van der Waals surface area contributed by atoms with Crippen LogP contribution in [-0.4, -0.2) is 41.9 Å². The van der Waals surface area contributed by atoms with Gasteiger partial charge in [-0.25, -0.2) is 14.5 Å². The number of rotatable bonds is 6. The Morgan fingerprint density at radius 3 is 2.43 bits per heavy atom. The fourth-order valence-corrected chi connectivity index (χ4v) is 2.36. The first-order valence-electron chi connectivity index (χ1n) is 7.09. The predicted octanol–water partition coefficient (Wildman–Crippen LogP) is 1.07. The standard InChI is InChI=1S/C14H22N2O5/c1-5-6-9-11(17)15-14(20)16(12(9)18)10(7-8(2)3)13(19)21-4/h8-10H,5-7H2,1-4H3,(H,15,17,20). The molecule has 1 rings (SSSR count). The van der Waals surface area contributed by atoms with Crippen molar-refractivity contribution in [1.82, 2.24) is 10.2 Å². The summed E-state index contributed by atoms with van der Waals surface area (Å²) >= 11 is 0. The molecule has 0 radical (unpaired) electrons. The molecule has 1 aliphatic rings. The van der Waals surface area contributed by atoms with Crippen LogP contribution in [0, 0.1) is 11.8 Å². The molecule has 0 saturated carbocycles. The van der Waals surface area contributed by atoms with Gasteiger partial charge in [0, 0.05) is 0 Å². The molecule has 7 nitrogen and oxygen atoms in total. The average molecular weight is 298 g/mol. The molecular weight excluding hydrogens is 276 g/mol. The molecule has 0 aromatic carbocycles. The lowest BCUT2D eigenvalue weighted by molar-refractivity contribution is -0.155. The van der Waals surface area contributed by atoms with E-state index in [2.05, 4.69) is 10.1 Å². The highest BCUT2D eigenvalue weighted by Gasteiger charge is 2.45. The summed E-state index contributed by atoms with van der Waals surface area (Å²) in [7, 11) is 1.21. The lowest BCUT2D eigenvalue weighted by Gasteiger charge is -2.35. The molecule has 1 heterocycles. The van der Waals surface area contributed by atoms with Crippen molar-refractivity contribution in [1.29, 1.82) is 0 Å². The molecule has 1 fully saturated rings. The van der Waals surface area contributed by atoms with Crippen molar-refractivity contribution in [2.75, 3.05) is 7.11 Å². The van der Waals surface area contributed by atoms with Crippen LogP contribution in [-0.2, 0) is 19.1 Å².